The number of likely N-dealkylation sites (tertiary alicyclic amines) is 1. The van der Waals surface area contributed by atoms with Gasteiger partial charge in [0.15, 0.2) is 0 Å². The number of amides is 1. The maximum absolute atomic E-state index is 12.7. The predicted molar refractivity (Wildman–Crippen MR) is 96.9 cm³/mol. The number of piperidine rings is 1. The largest absolute Gasteiger partial charge is 0.496 e. The number of aryl methyl sites for hydroxylation is 1. The van der Waals surface area contributed by atoms with Crippen molar-refractivity contribution in [1.29, 1.82) is 0 Å². The lowest BCUT2D eigenvalue weighted by atomic mass is 9.84. The van der Waals surface area contributed by atoms with Crippen LogP contribution in [-0.4, -0.2) is 42.1 Å². The molecule has 1 aromatic carbocycles. The molecule has 1 unspecified atom stereocenters. The van der Waals surface area contributed by atoms with Crippen molar-refractivity contribution in [2.24, 2.45) is 5.41 Å². The molecule has 0 aliphatic carbocycles. The molecule has 1 fully saturated rings. The summed E-state index contributed by atoms with van der Waals surface area (Å²) in [5.74, 6) is 0.370. The number of benzene rings is 1. The van der Waals surface area contributed by atoms with E-state index in [1.807, 2.05) is 25.7 Å². The van der Waals surface area contributed by atoms with E-state index in [1.165, 1.54) is 5.56 Å². The number of methoxy groups -OCH3 is 1. The standard InChI is InChI=1S/C20H29NO4/c1-14-7-8-15(10-17(14)25-4)16-6-5-9-21(13-16)18(22)11-20(2,3)12-19(23)24/h7-8,10,16H,5-6,9,11-13H2,1-4H3,(H,23,24). The second-order valence-electron chi connectivity index (χ2n) is 7.82. The number of rotatable bonds is 6. The molecule has 1 aromatic rings. The van der Waals surface area contributed by atoms with Gasteiger partial charge in [-0.15, -0.1) is 0 Å². The molecule has 1 heterocycles. The van der Waals surface area contributed by atoms with Crippen LogP contribution in [0.4, 0.5) is 0 Å². The second-order valence-corrected chi connectivity index (χ2v) is 7.82. The molecule has 0 aromatic heterocycles. The summed E-state index contributed by atoms with van der Waals surface area (Å²) in [5.41, 5.74) is 1.78. The van der Waals surface area contributed by atoms with Gasteiger partial charge in [0.1, 0.15) is 5.75 Å². The zero-order chi connectivity index (χ0) is 18.6. The van der Waals surface area contributed by atoms with Crippen LogP contribution in [0.3, 0.4) is 0 Å². The van der Waals surface area contributed by atoms with Crippen LogP contribution in [0, 0.1) is 12.3 Å². The molecular formula is C20H29NO4. The van der Waals surface area contributed by atoms with Crippen LogP contribution in [-0.2, 0) is 9.59 Å². The van der Waals surface area contributed by atoms with Crippen LogP contribution in [0.25, 0.3) is 0 Å². The summed E-state index contributed by atoms with van der Waals surface area (Å²) in [6.45, 7) is 7.14. The number of aliphatic carboxylic acids is 1. The molecule has 2 rings (SSSR count). The third kappa shape index (κ3) is 5.21. The Morgan fingerprint density at radius 3 is 2.68 bits per heavy atom. The number of carbonyl (C=O) groups is 2. The quantitative estimate of drug-likeness (QED) is 0.854. The Morgan fingerprint density at radius 2 is 2.04 bits per heavy atom. The summed E-state index contributed by atoms with van der Waals surface area (Å²) < 4.78 is 5.42. The molecule has 0 saturated carbocycles. The average Bonchev–Trinajstić information content (AvgIpc) is 2.53. The fourth-order valence-corrected chi connectivity index (χ4v) is 3.56. The van der Waals surface area contributed by atoms with E-state index in [-0.39, 0.29) is 18.7 Å². The highest BCUT2D eigenvalue weighted by molar-refractivity contribution is 5.78. The molecular weight excluding hydrogens is 318 g/mol. The lowest BCUT2D eigenvalue weighted by Gasteiger charge is -2.35. The molecule has 5 heteroatoms. The highest BCUT2D eigenvalue weighted by Crippen LogP contribution is 2.32. The summed E-state index contributed by atoms with van der Waals surface area (Å²) in [7, 11) is 1.67. The Kier molecular flexibility index (Phi) is 6.09. The monoisotopic (exact) mass is 347 g/mol. The first-order valence-electron chi connectivity index (χ1n) is 8.86. The van der Waals surface area contributed by atoms with E-state index >= 15 is 0 Å². The Balaban J connectivity index is 2.05. The summed E-state index contributed by atoms with van der Waals surface area (Å²) >= 11 is 0. The molecule has 1 amide bonds. The number of hydrogen-bond donors (Lipinski definition) is 1. The van der Waals surface area contributed by atoms with Crippen molar-refractivity contribution in [1.82, 2.24) is 4.90 Å². The minimum Gasteiger partial charge on any atom is -0.496 e. The lowest BCUT2D eigenvalue weighted by Crippen LogP contribution is -2.41. The minimum absolute atomic E-state index is 0.00513. The number of carbonyl (C=O) groups excluding carboxylic acids is 1. The summed E-state index contributed by atoms with van der Waals surface area (Å²) in [5, 5.41) is 9.00. The first kappa shape index (κ1) is 19.3. The van der Waals surface area contributed by atoms with Gasteiger partial charge in [-0.1, -0.05) is 26.0 Å². The van der Waals surface area contributed by atoms with Crippen molar-refractivity contribution in [2.75, 3.05) is 20.2 Å². The fraction of sp³-hybridized carbons (Fsp3) is 0.600. The van der Waals surface area contributed by atoms with Gasteiger partial charge in [0.25, 0.3) is 0 Å². The highest BCUT2D eigenvalue weighted by Gasteiger charge is 2.30. The molecule has 1 aliphatic heterocycles. The maximum Gasteiger partial charge on any atom is 0.303 e. The molecule has 1 N–H and O–H groups in total. The van der Waals surface area contributed by atoms with E-state index in [0.29, 0.717) is 12.5 Å². The van der Waals surface area contributed by atoms with Gasteiger partial charge in [0.2, 0.25) is 5.91 Å². The van der Waals surface area contributed by atoms with Crippen LogP contribution in [0.2, 0.25) is 0 Å². The number of carboxylic acid groups (broad SMARTS) is 1. The van der Waals surface area contributed by atoms with Gasteiger partial charge in [-0.2, -0.15) is 0 Å². The van der Waals surface area contributed by atoms with E-state index in [2.05, 4.69) is 18.2 Å². The van der Waals surface area contributed by atoms with Crippen LogP contribution in [0.1, 0.15) is 56.6 Å². The van der Waals surface area contributed by atoms with E-state index in [1.54, 1.807) is 7.11 Å². The van der Waals surface area contributed by atoms with Gasteiger partial charge in [-0.3, -0.25) is 9.59 Å². The molecule has 1 aliphatic rings. The van der Waals surface area contributed by atoms with Gasteiger partial charge < -0.3 is 14.7 Å². The number of ether oxygens (including phenoxy) is 1. The topological polar surface area (TPSA) is 66.8 Å². The fourth-order valence-electron chi connectivity index (χ4n) is 3.56. The summed E-state index contributed by atoms with van der Waals surface area (Å²) in [4.78, 5) is 25.5. The first-order valence-corrected chi connectivity index (χ1v) is 8.86. The van der Waals surface area contributed by atoms with Gasteiger partial charge in [-0.25, -0.2) is 0 Å². The average molecular weight is 347 g/mol. The molecule has 1 atom stereocenters. The number of carboxylic acids is 1. The Labute approximate surface area is 150 Å². The first-order chi connectivity index (χ1) is 11.7. The molecule has 138 valence electrons. The van der Waals surface area contributed by atoms with Crippen LogP contribution in [0.5, 0.6) is 5.75 Å². The SMILES string of the molecule is COc1cc(C2CCCN(C(=O)CC(C)(C)CC(=O)O)C2)ccc1C. The number of nitrogens with zero attached hydrogens (tertiary/aromatic N) is 1. The molecule has 5 nitrogen and oxygen atoms in total. The van der Waals surface area contributed by atoms with Crippen molar-refractivity contribution in [2.45, 2.75) is 52.4 Å². The second kappa shape index (κ2) is 7.89. The molecule has 1 saturated heterocycles. The molecule has 0 radical (unpaired) electrons. The van der Waals surface area contributed by atoms with E-state index in [0.717, 1.165) is 30.7 Å². The van der Waals surface area contributed by atoms with Gasteiger partial charge in [0.05, 0.1) is 13.5 Å². The van der Waals surface area contributed by atoms with Gasteiger partial charge >= 0.3 is 5.97 Å². The van der Waals surface area contributed by atoms with Crippen molar-refractivity contribution in [3.63, 3.8) is 0 Å². The van der Waals surface area contributed by atoms with Crippen LogP contribution >= 0.6 is 0 Å². The molecule has 25 heavy (non-hydrogen) atoms. The normalized spacial score (nSPS) is 18.1. The Hall–Kier alpha value is -2.04. The summed E-state index contributed by atoms with van der Waals surface area (Å²) in [6.07, 6.45) is 2.29. The van der Waals surface area contributed by atoms with Crippen molar-refractivity contribution in [3.8, 4) is 5.75 Å². The molecule has 0 bridgehead atoms. The smallest absolute Gasteiger partial charge is 0.303 e. The lowest BCUT2D eigenvalue weighted by molar-refractivity contribution is -0.141. The van der Waals surface area contributed by atoms with Crippen molar-refractivity contribution in [3.05, 3.63) is 29.3 Å². The van der Waals surface area contributed by atoms with E-state index < -0.39 is 11.4 Å². The number of hydrogen-bond acceptors (Lipinski definition) is 3. The van der Waals surface area contributed by atoms with Gasteiger partial charge in [0, 0.05) is 25.4 Å². The molecule has 0 spiro atoms. The minimum atomic E-state index is -0.860. The van der Waals surface area contributed by atoms with E-state index in [9.17, 15) is 9.59 Å². The van der Waals surface area contributed by atoms with Crippen molar-refractivity contribution < 1.29 is 19.4 Å². The summed E-state index contributed by atoms with van der Waals surface area (Å²) in [6, 6.07) is 6.25. The zero-order valence-corrected chi connectivity index (χ0v) is 15.7. The highest BCUT2D eigenvalue weighted by atomic mass is 16.5. The Morgan fingerprint density at radius 1 is 1.32 bits per heavy atom. The Bertz CT molecular complexity index is 639. The predicted octanol–water partition coefficient (Wildman–Crippen LogP) is 3.60. The van der Waals surface area contributed by atoms with Gasteiger partial charge in [-0.05, 0) is 42.4 Å². The van der Waals surface area contributed by atoms with Crippen LogP contribution < -0.4 is 4.74 Å². The van der Waals surface area contributed by atoms with Crippen molar-refractivity contribution >= 4 is 11.9 Å². The third-order valence-electron chi connectivity index (χ3n) is 4.94. The van der Waals surface area contributed by atoms with Crippen LogP contribution in [0.15, 0.2) is 18.2 Å². The maximum atomic E-state index is 12.7. The third-order valence-corrected chi connectivity index (χ3v) is 4.94. The van der Waals surface area contributed by atoms with E-state index in [4.69, 9.17) is 9.84 Å². The zero-order valence-electron chi connectivity index (χ0n) is 15.7.